The van der Waals surface area contributed by atoms with Gasteiger partial charge in [-0.05, 0) is 43.8 Å². The van der Waals surface area contributed by atoms with Crippen molar-refractivity contribution in [3.8, 4) is 5.75 Å². The van der Waals surface area contributed by atoms with Crippen molar-refractivity contribution in [1.82, 2.24) is 10.2 Å². The minimum absolute atomic E-state index is 0. The van der Waals surface area contributed by atoms with E-state index in [9.17, 15) is 13.6 Å². The zero-order chi connectivity index (χ0) is 15.1. The van der Waals surface area contributed by atoms with E-state index >= 15 is 0 Å². The van der Waals surface area contributed by atoms with Crippen LogP contribution in [-0.2, 0) is 4.79 Å². The third kappa shape index (κ3) is 6.55. The van der Waals surface area contributed by atoms with Crippen molar-refractivity contribution in [1.29, 1.82) is 0 Å². The summed E-state index contributed by atoms with van der Waals surface area (Å²) in [5.41, 5.74) is 0.564. The van der Waals surface area contributed by atoms with Crippen LogP contribution in [0.1, 0.15) is 6.42 Å². The summed E-state index contributed by atoms with van der Waals surface area (Å²) in [5, 5.41) is 6.02. The number of carbonyl (C=O) groups is 1. The average Bonchev–Trinajstić information content (AvgIpc) is 2.69. The number of ether oxygens (including phenoxy) is 1. The number of hydrogen-bond donors (Lipinski definition) is 2. The number of nitrogens with one attached hydrogen (secondary N) is 2. The van der Waals surface area contributed by atoms with Gasteiger partial charge in [0.25, 0.3) is 0 Å². The van der Waals surface area contributed by atoms with Crippen LogP contribution in [0.25, 0.3) is 0 Å². The highest BCUT2D eigenvalue weighted by atomic mass is 35.5. The van der Waals surface area contributed by atoms with E-state index in [4.69, 9.17) is 0 Å². The van der Waals surface area contributed by atoms with Gasteiger partial charge in [-0.2, -0.15) is 8.78 Å². The molecule has 1 fully saturated rings. The number of nitrogens with zero attached hydrogens (tertiary/aromatic N) is 1. The van der Waals surface area contributed by atoms with E-state index in [0.717, 1.165) is 32.6 Å². The summed E-state index contributed by atoms with van der Waals surface area (Å²) in [4.78, 5) is 14.0. The summed E-state index contributed by atoms with van der Waals surface area (Å²) in [7, 11) is 0. The van der Waals surface area contributed by atoms with E-state index in [1.165, 1.54) is 12.1 Å². The van der Waals surface area contributed by atoms with Gasteiger partial charge < -0.3 is 15.4 Å². The highest BCUT2D eigenvalue weighted by molar-refractivity contribution is 5.92. The molecule has 0 aromatic heterocycles. The summed E-state index contributed by atoms with van der Waals surface area (Å²) in [6.45, 7) is 1.08. The van der Waals surface area contributed by atoms with Crippen LogP contribution in [0.4, 0.5) is 14.5 Å². The Hall–Kier alpha value is -1.44. The van der Waals surface area contributed by atoms with Gasteiger partial charge in [-0.3, -0.25) is 9.69 Å². The fourth-order valence-corrected chi connectivity index (χ4v) is 2.18. The van der Waals surface area contributed by atoms with E-state index in [-0.39, 0.29) is 24.1 Å². The van der Waals surface area contributed by atoms with Gasteiger partial charge in [0.2, 0.25) is 5.91 Å². The highest BCUT2D eigenvalue weighted by Gasteiger charge is 2.13. The van der Waals surface area contributed by atoms with Gasteiger partial charge in [0.1, 0.15) is 5.75 Å². The minimum Gasteiger partial charge on any atom is -0.435 e. The normalized spacial score (nSPS) is 15.8. The average molecular weight is 336 g/mol. The van der Waals surface area contributed by atoms with Crippen LogP contribution in [-0.4, -0.2) is 50.1 Å². The lowest BCUT2D eigenvalue weighted by Gasteiger charge is -2.18. The molecule has 0 saturated carbocycles. The molecule has 1 aliphatic rings. The fraction of sp³-hybridized carbons (Fsp3) is 0.500. The van der Waals surface area contributed by atoms with Crippen molar-refractivity contribution in [3.63, 3.8) is 0 Å². The molecule has 0 bridgehead atoms. The molecule has 22 heavy (non-hydrogen) atoms. The Morgan fingerprint density at radius 3 is 2.68 bits per heavy atom. The topological polar surface area (TPSA) is 53.6 Å². The maximum atomic E-state index is 12.0. The Kier molecular flexibility index (Phi) is 8.08. The minimum atomic E-state index is -2.85. The predicted molar refractivity (Wildman–Crippen MR) is 82.9 cm³/mol. The molecule has 0 radical (unpaired) electrons. The smallest absolute Gasteiger partial charge is 0.387 e. The van der Waals surface area contributed by atoms with Gasteiger partial charge in [-0.15, -0.1) is 12.4 Å². The van der Waals surface area contributed by atoms with Crippen molar-refractivity contribution >= 4 is 24.0 Å². The van der Waals surface area contributed by atoms with Crippen molar-refractivity contribution < 1.29 is 18.3 Å². The number of alkyl halides is 2. The van der Waals surface area contributed by atoms with Gasteiger partial charge in [0.15, 0.2) is 0 Å². The van der Waals surface area contributed by atoms with Crippen LogP contribution in [0, 0.1) is 0 Å². The molecule has 0 atom stereocenters. The van der Waals surface area contributed by atoms with E-state index < -0.39 is 6.61 Å². The SMILES string of the molecule is Cl.O=C(CN1CCCNCC1)Nc1ccc(OC(F)F)cc1. The molecular weight excluding hydrogens is 316 g/mol. The van der Waals surface area contributed by atoms with E-state index in [1.807, 2.05) is 0 Å². The standard InChI is InChI=1S/C14H19F2N3O2.ClH/c15-14(16)21-12-4-2-11(3-5-12)18-13(20)10-19-8-1-6-17-7-9-19;/h2-5,14,17H,1,6-10H2,(H,18,20);1H. The van der Waals surface area contributed by atoms with Crippen LogP contribution in [0.2, 0.25) is 0 Å². The van der Waals surface area contributed by atoms with Crippen molar-refractivity contribution in [3.05, 3.63) is 24.3 Å². The Balaban J connectivity index is 0.00000242. The van der Waals surface area contributed by atoms with Crippen LogP contribution in [0.15, 0.2) is 24.3 Å². The van der Waals surface area contributed by atoms with Crippen LogP contribution in [0.5, 0.6) is 5.75 Å². The fourth-order valence-electron chi connectivity index (χ4n) is 2.18. The summed E-state index contributed by atoms with van der Waals surface area (Å²) in [6.07, 6.45) is 1.02. The number of hydrogen-bond acceptors (Lipinski definition) is 4. The second kappa shape index (κ2) is 9.55. The lowest BCUT2D eigenvalue weighted by molar-refractivity contribution is -0.117. The number of carbonyl (C=O) groups excluding carboxylic acids is 1. The molecule has 0 aliphatic carbocycles. The maximum absolute atomic E-state index is 12.0. The van der Waals surface area contributed by atoms with Gasteiger partial charge in [-0.1, -0.05) is 0 Å². The number of benzene rings is 1. The first kappa shape index (κ1) is 18.6. The molecule has 1 saturated heterocycles. The lowest BCUT2D eigenvalue weighted by Crippen LogP contribution is -2.35. The molecule has 8 heteroatoms. The Labute approximate surface area is 134 Å². The van der Waals surface area contributed by atoms with E-state index in [2.05, 4.69) is 20.3 Å². The summed E-state index contributed by atoms with van der Waals surface area (Å²) in [5.74, 6) is -0.0407. The third-order valence-electron chi connectivity index (χ3n) is 3.16. The number of amides is 1. The van der Waals surface area contributed by atoms with Crippen LogP contribution in [0.3, 0.4) is 0 Å². The largest absolute Gasteiger partial charge is 0.435 e. The molecule has 1 aromatic rings. The Morgan fingerprint density at radius 1 is 1.27 bits per heavy atom. The third-order valence-corrected chi connectivity index (χ3v) is 3.16. The zero-order valence-electron chi connectivity index (χ0n) is 12.1. The molecule has 124 valence electrons. The first-order chi connectivity index (χ1) is 10.1. The molecule has 1 aromatic carbocycles. The quantitative estimate of drug-likeness (QED) is 0.863. The van der Waals surface area contributed by atoms with Crippen molar-refractivity contribution in [2.45, 2.75) is 13.0 Å². The van der Waals surface area contributed by atoms with Crippen molar-refractivity contribution in [2.24, 2.45) is 0 Å². The summed E-state index contributed by atoms with van der Waals surface area (Å²) >= 11 is 0. The first-order valence-corrected chi connectivity index (χ1v) is 6.91. The molecule has 1 amide bonds. The summed E-state index contributed by atoms with van der Waals surface area (Å²) < 4.78 is 28.3. The molecule has 2 rings (SSSR count). The highest BCUT2D eigenvalue weighted by Crippen LogP contribution is 2.17. The summed E-state index contributed by atoms with van der Waals surface area (Å²) in [6, 6.07) is 5.88. The van der Waals surface area contributed by atoms with Gasteiger partial charge in [-0.25, -0.2) is 0 Å². The van der Waals surface area contributed by atoms with Crippen LogP contribution >= 0.6 is 12.4 Å². The predicted octanol–water partition coefficient (Wildman–Crippen LogP) is 1.94. The zero-order valence-corrected chi connectivity index (χ0v) is 12.9. The number of rotatable bonds is 5. The monoisotopic (exact) mass is 335 g/mol. The van der Waals surface area contributed by atoms with Crippen LogP contribution < -0.4 is 15.4 Å². The number of anilines is 1. The maximum Gasteiger partial charge on any atom is 0.387 e. The molecule has 0 unspecified atom stereocenters. The Morgan fingerprint density at radius 2 is 2.00 bits per heavy atom. The molecule has 5 nitrogen and oxygen atoms in total. The second-order valence-electron chi connectivity index (χ2n) is 4.83. The van der Waals surface area contributed by atoms with E-state index in [0.29, 0.717) is 12.2 Å². The van der Waals surface area contributed by atoms with Gasteiger partial charge in [0, 0.05) is 18.8 Å². The molecular formula is C14H20ClF2N3O2. The van der Waals surface area contributed by atoms with Crippen molar-refractivity contribution in [2.75, 3.05) is 38.0 Å². The van der Waals surface area contributed by atoms with Gasteiger partial charge in [0.05, 0.1) is 6.54 Å². The van der Waals surface area contributed by atoms with E-state index in [1.54, 1.807) is 12.1 Å². The molecule has 1 heterocycles. The number of halogens is 3. The molecule has 1 aliphatic heterocycles. The lowest BCUT2D eigenvalue weighted by atomic mass is 10.3. The first-order valence-electron chi connectivity index (χ1n) is 6.91. The van der Waals surface area contributed by atoms with Gasteiger partial charge >= 0.3 is 6.61 Å². The Bertz CT molecular complexity index is 452. The molecule has 2 N–H and O–H groups in total. The molecule has 0 spiro atoms. The second-order valence-corrected chi connectivity index (χ2v) is 4.83.